The predicted molar refractivity (Wildman–Crippen MR) is 86.7 cm³/mol. The predicted octanol–water partition coefficient (Wildman–Crippen LogP) is 3.08. The molecule has 1 aromatic rings. The molecule has 0 amide bonds. The largest absolute Gasteiger partial charge is 0.497 e. The van der Waals surface area contributed by atoms with E-state index in [2.05, 4.69) is 48.5 Å². The quantitative estimate of drug-likeness (QED) is 0.901. The molecule has 116 valence electrons. The van der Waals surface area contributed by atoms with E-state index in [1.807, 2.05) is 0 Å². The maximum atomic E-state index is 5.28. The number of nitrogens with zero attached hydrogens (tertiary/aromatic N) is 1. The van der Waals surface area contributed by atoms with Gasteiger partial charge in [0.15, 0.2) is 0 Å². The highest BCUT2D eigenvalue weighted by Gasteiger charge is 2.35. The first-order chi connectivity index (χ1) is 10.2. The van der Waals surface area contributed by atoms with Gasteiger partial charge in [-0.3, -0.25) is 0 Å². The summed E-state index contributed by atoms with van der Waals surface area (Å²) in [5.74, 6) is 2.49. The summed E-state index contributed by atoms with van der Waals surface area (Å²) in [6, 6.07) is 9.80. The van der Waals surface area contributed by atoms with Gasteiger partial charge in [-0.15, -0.1) is 0 Å². The molecule has 1 aromatic carbocycles. The van der Waals surface area contributed by atoms with E-state index in [0.717, 1.165) is 17.6 Å². The lowest BCUT2D eigenvalue weighted by Crippen LogP contribution is -2.48. The number of hydrogen-bond acceptors (Lipinski definition) is 3. The summed E-state index contributed by atoms with van der Waals surface area (Å²) < 4.78 is 5.28. The Morgan fingerprint density at radius 1 is 1.19 bits per heavy atom. The molecule has 21 heavy (non-hydrogen) atoms. The highest BCUT2D eigenvalue weighted by molar-refractivity contribution is 5.30. The fourth-order valence-corrected chi connectivity index (χ4v) is 3.58. The summed E-state index contributed by atoms with van der Waals surface area (Å²) in [6.45, 7) is 4.80. The van der Waals surface area contributed by atoms with Crippen LogP contribution in [0, 0.1) is 11.8 Å². The standard InChI is InChI=1S/C18H28N2O/c1-13-12-20(2)11-10-17(13)19-18(14-4-5-14)15-6-8-16(21-3)9-7-15/h6-9,13-14,17-19H,4-5,10-12H2,1-3H3. The van der Waals surface area contributed by atoms with E-state index in [9.17, 15) is 0 Å². The molecule has 1 heterocycles. The molecule has 1 aliphatic heterocycles. The number of rotatable bonds is 5. The molecular formula is C18H28N2O. The number of ether oxygens (including phenoxy) is 1. The summed E-state index contributed by atoms with van der Waals surface area (Å²) in [7, 11) is 3.96. The van der Waals surface area contributed by atoms with Crippen molar-refractivity contribution in [3.63, 3.8) is 0 Å². The van der Waals surface area contributed by atoms with E-state index in [0.29, 0.717) is 12.1 Å². The third-order valence-corrected chi connectivity index (χ3v) is 5.07. The average molecular weight is 288 g/mol. The van der Waals surface area contributed by atoms with Crippen LogP contribution in [-0.2, 0) is 0 Å². The first-order valence-corrected chi connectivity index (χ1v) is 8.26. The van der Waals surface area contributed by atoms with Crippen molar-refractivity contribution in [2.75, 3.05) is 27.2 Å². The zero-order valence-corrected chi connectivity index (χ0v) is 13.5. The van der Waals surface area contributed by atoms with Crippen LogP contribution in [0.15, 0.2) is 24.3 Å². The van der Waals surface area contributed by atoms with Gasteiger partial charge in [0.25, 0.3) is 0 Å². The lowest BCUT2D eigenvalue weighted by molar-refractivity contribution is 0.163. The zero-order chi connectivity index (χ0) is 14.8. The Labute approximate surface area is 128 Å². The maximum Gasteiger partial charge on any atom is 0.118 e. The average Bonchev–Trinajstić information content (AvgIpc) is 3.31. The fourth-order valence-electron chi connectivity index (χ4n) is 3.58. The molecule has 3 rings (SSSR count). The van der Waals surface area contributed by atoms with Gasteiger partial charge >= 0.3 is 0 Å². The Morgan fingerprint density at radius 3 is 2.48 bits per heavy atom. The highest BCUT2D eigenvalue weighted by atomic mass is 16.5. The van der Waals surface area contributed by atoms with Crippen LogP contribution in [0.3, 0.4) is 0 Å². The number of benzene rings is 1. The van der Waals surface area contributed by atoms with Crippen LogP contribution in [0.2, 0.25) is 0 Å². The Bertz CT molecular complexity index is 455. The minimum Gasteiger partial charge on any atom is -0.497 e. The van der Waals surface area contributed by atoms with E-state index in [1.54, 1.807) is 7.11 Å². The van der Waals surface area contributed by atoms with Crippen molar-refractivity contribution in [3.05, 3.63) is 29.8 Å². The second-order valence-corrected chi connectivity index (χ2v) is 6.89. The highest BCUT2D eigenvalue weighted by Crippen LogP contribution is 2.42. The lowest BCUT2D eigenvalue weighted by atomic mass is 9.91. The van der Waals surface area contributed by atoms with Gasteiger partial charge in [0, 0.05) is 18.6 Å². The van der Waals surface area contributed by atoms with Crippen LogP contribution < -0.4 is 10.1 Å². The third-order valence-electron chi connectivity index (χ3n) is 5.07. The van der Waals surface area contributed by atoms with E-state index in [1.165, 1.54) is 37.9 Å². The van der Waals surface area contributed by atoms with Crippen LogP contribution in [0.5, 0.6) is 5.75 Å². The molecule has 0 radical (unpaired) electrons. The van der Waals surface area contributed by atoms with Gasteiger partial charge in [0.2, 0.25) is 0 Å². The van der Waals surface area contributed by atoms with Gasteiger partial charge in [0.05, 0.1) is 7.11 Å². The van der Waals surface area contributed by atoms with Gasteiger partial charge in [0.1, 0.15) is 5.75 Å². The van der Waals surface area contributed by atoms with E-state index >= 15 is 0 Å². The normalized spacial score (nSPS) is 28.3. The maximum absolute atomic E-state index is 5.28. The van der Waals surface area contributed by atoms with E-state index in [4.69, 9.17) is 4.74 Å². The number of methoxy groups -OCH3 is 1. The number of likely N-dealkylation sites (tertiary alicyclic amines) is 1. The number of piperidine rings is 1. The minimum atomic E-state index is 0.520. The van der Waals surface area contributed by atoms with E-state index < -0.39 is 0 Å². The zero-order valence-electron chi connectivity index (χ0n) is 13.5. The summed E-state index contributed by atoms with van der Waals surface area (Å²) in [4.78, 5) is 2.45. The topological polar surface area (TPSA) is 24.5 Å². The van der Waals surface area contributed by atoms with Crippen molar-refractivity contribution in [1.29, 1.82) is 0 Å². The smallest absolute Gasteiger partial charge is 0.118 e. The van der Waals surface area contributed by atoms with Crippen molar-refractivity contribution in [2.45, 2.75) is 38.3 Å². The minimum absolute atomic E-state index is 0.520. The summed E-state index contributed by atoms with van der Waals surface area (Å²) in [6.07, 6.45) is 3.99. The SMILES string of the molecule is COc1ccc(C(NC2CCN(C)CC2C)C2CC2)cc1. The lowest BCUT2D eigenvalue weighted by Gasteiger charge is -2.37. The second-order valence-electron chi connectivity index (χ2n) is 6.89. The molecular weight excluding hydrogens is 260 g/mol. The Morgan fingerprint density at radius 2 is 1.90 bits per heavy atom. The fraction of sp³-hybridized carbons (Fsp3) is 0.667. The van der Waals surface area contributed by atoms with Crippen LogP contribution >= 0.6 is 0 Å². The summed E-state index contributed by atoms with van der Waals surface area (Å²) >= 11 is 0. The van der Waals surface area contributed by atoms with Gasteiger partial charge in [-0.05, 0) is 62.4 Å². The molecule has 3 heteroatoms. The molecule has 2 aliphatic rings. The van der Waals surface area contributed by atoms with Crippen LogP contribution in [0.25, 0.3) is 0 Å². The van der Waals surface area contributed by atoms with Gasteiger partial charge in [-0.1, -0.05) is 19.1 Å². The molecule has 1 saturated heterocycles. The molecule has 1 N–H and O–H groups in total. The second kappa shape index (κ2) is 6.37. The molecule has 3 atom stereocenters. The van der Waals surface area contributed by atoms with Gasteiger partial charge < -0.3 is 15.0 Å². The van der Waals surface area contributed by atoms with Crippen LogP contribution in [0.4, 0.5) is 0 Å². The molecule has 2 fully saturated rings. The number of hydrogen-bond donors (Lipinski definition) is 1. The molecule has 0 spiro atoms. The molecule has 1 aliphatic carbocycles. The Balaban J connectivity index is 1.69. The van der Waals surface area contributed by atoms with E-state index in [-0.39, 0.29) is 0 Å². The van der Waals surface area contributed by atoms with Gasteiger partial charge in [-0.2, -0.15) is 0 Å². The van der Waals surface area contributed by atoms with Crippen molar-refractivity contribution in [2.24, 2.45) is 11.8 Å². The van der Waals surface area contributed by atoms with Crippen molar-refractivity contribution in [1.82, 2.24) is 10.2 Å². The van der Waals surface area contributed by atoms with Crippen LogP contribution in [0.1, 0.15) is 37.8 Å². The molecule has 3 unspecified atom stereocenters. The molecule has 0 aromatic heterocycles. The first kappa shape index (κ1) is 14.9. The Kier molecular flexibility index (Phi) is 4.51. The third kappa shape index (κ3) is 3.58. The van der Waals surface area contributed by atoms with Crippen molar-refractivity contribution in [3.8, 4) is 5.75 Å². The van der Waals surface area contributed by atoms with Crippen LogP contribution in [-0.4, -0.2) is 38.2 Å². The summed E-state index contributed by atoms with van der Waals surface area (Å²) in [5, 5.41) is 3.97. The first-order valence-electron chi connectivity index (χ1n) is 8.26. The Hall–Kier alpha value is -1.06. The molecule has 0 bridgehead atoms. The monoisotopic (exact) mass is 288 g/mol. The van der Waals surface area contributed by atoms with Crippen molar-refractivity contribution >= 4 is 0 Å². The summed E-state index contributed by atoms with van der Waals surface area (Å²) in [5.41, 5.74) is 1.42. The van der Waals surface area contributed by atoms with Gasteiger partial charge in [-0.25, -0.2) is 0 Å². The molecule has 1 saturated carbocycles. The van der Waals surface area contributed by atoms with Crippen molar-refractivity contribution < 1.29 is 4.74 Å². The number of nitrogens with one attached hydrogen (secondary N) is 1. The molecule has 3 nitrogen and oxygen atoms in total.